The number of nitrogens with one attached hydrogen (secondary N) is 1. The van der Waals surface area contributed by atoms with Gasteiger partial charge in [-0.3, -0.25) is 4.79 Å². The number of hydrogen-bond donors (Lipinski definition) is 1. The zero-order chi connectivity index (χ0) is 18.8. The Bertz CT molecular complexity index is 966. The van der Waals surface area contributed by atoms with E-state index in [1.165, 1.54) is 5.56 Å². The molecule has 0 spiro atoms. The van der Waals surface area contributed by atoms with Gasteiger partial charge in [-0.15, -0.1) is 5.10 Å². The Kier molecular flexibility index (Phi) is 4.79. The summed E-state index contributed by atoms with van der Waals surface area (Å²) in [5.41, 5.74) is 4.11. The van der Waals surface area contributed by atoms with Gasteiger partial charge in [0.15, 0.2) is 0 Å². The highest BCUT2D eigenvalue weighted by atomic mass is 16.5. The molecule has 27 heavy (non-hydrogen) atoms. The summed E-state index contributed by atoms with van der Waals surface area (Å²) in [7, 11) is 0. The standard InChI is InChI=1S/C21H24N4O2/c1-14(25-19-8-4-3-7-18(19)23-24-25)12-21(26)22-15(2)16-9-10-20-17(13-16)6-5-11-27-20/h3-4,7-10,13-15H,5-6,11-12H2,1-2H3,(H,22,26). The van der Waals surface area contributed by atoms with Crippen LogP contribution in [-0.2, 0) is 11.2 Å². The molecule has 0 saturated carbocycles. The first kappa shape index (κ1) is 17.5. The number of hydrogen-bond acceptors (Lipinski definition) is 4. The maximum absolute atomic E-state index is 12.6. The molecule has 1 aromatic heterocycles. The minimum atomic E-state index is -0.0680. The lowest BCUT2D eigenvalue weighted by Gasteiger charge is -2.21. The van der Waals surface area contributed by atoms with E-state index in [9.17, 15) is 4.79 Å². The van der Waals surface area contributed by atoms with Crippen molar-refractivity contribution in [1.29, 1.82) is 0 Å². The first-order chi connectivity index (χ1) is 13.1. The molecule has 2 aromatic carbocycles. The van der Waals surface area contributed by atoms with Crippen molar-refractivity contribution in [3.05, 3.63) is 53.6 Å². The number of benzene rings is 2. The van der Waals surface area contributed by atoms with E-state index in [0.29, 0.717) is 6.42 Å². The lowest BCUT2D eigenvalue weighted by atomic mass is 10.00. The summed E-state index contributed by atoms with van der Waals surface area (Å²) in [6, 6.07) is 13.9. The average molecular weight is 364 g/mol. The predicted octanol–water partition coefficient (Wildman–Crippen LogP) is 3.58. The van der Waals surface area contributed by atoms with Crippen LogP contribution in [0.3, 0.4) is 0 Å². The van der Waals surface area contributed by atoms with Gasteiger partial charge in [-0.25, -0.2) is 4.68 Å². The van der Waals surface area contributed by atoms with Gasteiger partial charge in [-0.2, -0.15) is 0 Å². The van der Waals surface area contributed by atoms with Crippen LogP contribution in [0.25, 0.3) is 11.0 Å². The van der Waals surface area contributed by atoms with Crippen molar-refractivity contribution in [3.8, 4) is 5.75 Å². The third-order valence-corrected chi connectivity index (χ3v) is 5.09. The molecular formula is C21H24N4O2. The second kappa shape index (κ2) is 7.39. The first-order valence-corrected chi connectivity index (χ1v) is 9.47. The van der Waals surface area contributed by atoms with Gasteiger partial charge in [0.05, 0.1) is 24.2 Å². The van der Waals surface area contributed by atoms with Crippen molar-refractivity contribution in [2.24, 2.45) is 0 Å². The summed E-state index contributed by atoms with van der Waals surface area (Å²) in [5, 5.41) is 11.5. The second-order valence-electron chi connectivity index (χ2n) is 7.18. The Hall–Kier alpha value is -2.89. The monoisotopic (exact) mass is 364 g/mol. The highest BCUT2D eigenvalue weighted by Crippen LogP contribution is 2.28. The van der Waals surface area contributed by atoms with Gasteiger partial charge in [0.25, 0.3) is 0 Å². The maximum Gasteiger partial charge on any atom is 0.222 e. The smallest absolute Gasteiger partial charge is 0.222 e. The third-order valence-electron chi connectivity index (χ3n) is 5.09. The van der Waals surface area contributed by atoms with Crippen LogP contribution in [0.15, 0.2) is 42.5 Å². The molecule has 1 aliphatic heterocycles. The second-order valence-corrected chi connectivity index (χ2v) is 7.18. The van der Waals surface area contributed by atoms with Gasteiger partial charge in [0.2, 0.25) is 5.91 Å². The first-order valence-electron chi connectivity index (χ1n) is 9.47. The third kappa shape index (κ3) is 3.65. The van der Waals surface area contributed by atoms with E-state index in [4.69, 9.17) is 4.74 Å². The average Bonchev–Trinajstić information content (AvgIpc) is 3.11. The van der Waals surface area contributed by atoms with Crippen LogP contribution < -0.4 is 10.1 Å². The van der Waals surface area contributed by atoms with Crippen molar-refractivity contribution in [2.75, 3.05) is 6.61 Å². The van der Waals surface area contributed by atoms with E-state index in [1.807, 2.05) is 54.9 Å². The van der Waals surface area contributed by atoms with E-state index in [2.05, 4.69) is 21.7 Å². The van der Waals surface area contributed by atoms with Gasteiger partial charge >= 0.3 is 0 Å². The molecule has 1 amide bonds. The zero-order valence-electron chi connectivity index (χ0n) is 15.7. The Morgan fingerprint density at radius 2 is 2.11 bits per heavy atom. The van der Waals surface area contributed by atoms with Gasteiger partial charge in [0.1, 0.15) is 11.3 Å². The van der Waals surface area contributed by atoms with Gasteiger partial charge in [-0.1, -0.05) is 29.5 Å². The summed E-state index contributed by atoms with van der Waals surface area (Å²) in [6.07, 6.45) is 2.42. The van der Waals surface area contributed by atoms with Crippen LogP contribution in [0.5, 0.6) is 5.75 Å². The van der Waals surface area contributed by atoms with Crippen molar-refractivity contribution < 1.29 is 9.53 Å². The summed E-state index contributed by atoms with van der Waals surface area (Å²) >= 11 is 0. The Balaban J connectivity index is 1.41. The van der Waals surface area contributed by atoms with Crippen LogP contribution in [0.2, 0.25) is 0 Å². The Morgan fingerprint density at radius 1 is 1.26 bits per heavy atom. The highest BCUT2D eigenvalue weighted by molar-refractivity contribution is 5.78. The van der Waals surface area contributed by atoms with Crippen molar-refractivity contribution >= 4 is 16.9 Å². The van der Waals surface area contributed by atoms with E-state index in [1.54, 1.807) is 0 Å². The van der Waals surface area contributed by atoms with Crippen LogP contribution in [0.4, 0.5) is 0 Å². The lowest BCUT2D eigenvalue weighted by molar-refractivity contribution is -0.122. The van der Waals surface area contributed by atoms with E-state index < -0.39 is 0 Å². The molecule has 0 fully saturated rings. The Labute approximate surface area is 158 Å². The number of aromatic nitrogens is 3. The number of para-hydroxylation sites is 1. The number of ether oxygens (including phenoxy) is 1. The maximum atomic E-state index is 12.6. The summed E-state index contributed by atoms with van der Waals surface area (Å²) in [6.45, 7) is 4.79. The SMILES string of the molecule is CC(NC(=O)CC(C)n1nnc2ccccc21)c1ccc2c(c1)CCCO2. The van der Waals surface area contributed by atoms with Crippen LogP contribution in [-0.4, -0.2) is 27.5 Å². The molecule has 2 atom stereocenters. The van der Waals surface area contributed by atoms with Crippen LogP contribution in [0.1, 0.15) is 49.9 Å². The molecule has 1 N–H and O–H groups in total. The fourth-order valence-electron chi connectivity index (χ4n) is 3.60. The molecule has 3 aromatic rings. The summed E-state index contributed by atoms with van der Waals surface area (Å²) in [4.78, 5) is 12.6. The van der Waals surface area contributed by atoms with E-state index >= 15 is 0 Å². The number of rotatable bonds is 5. The minimum Gasteiger partial charge on any atom is -0.493 e. The minimum absolute atomic E-state index is 0.00329. The molecule has 0 radical (unpaired) electrons. The summed E-state index contributed by atoms with van der Waals surface area (Å²) in [5.74, 6) is 0.971. The molecular weight excluding hydrogens is 340 g/mol. The molecule has 6 nitrogen and oxygen atoms in total. The number of fused-ring (bicyclic) bond motifs is 2. The van der Waals surface area contributed by atoms with Crippen molar-refractivity contribution in [3.63, 3.8) is 0 Å². The molecule has 2 heterocycles. The lowest BCUT2D eigenvalue weighted by Crippen LogP contribution is -2.29. The van der Waals surface area contributed by atoms with Crippen molar-refractivity contribution in [2.45, 2.75) is 45.2 Å². The molecule has 2 unspecified atom stereocenters. The quantitative estimate of drug-likeness (QED) is 0.751. The predicted molar refractivity (Wildman–Crippen MR) is 104 cm³/mol. The molecule has 6 heteroatoms. The fourth-order valence-corrected chi connectivity index (χ4v) is 3.60. The molecule has 0 saturated heterocycles. The van der Waals surface area contributed by atoms with Crippen LogP contribution >= 0.6 is 0 Å². The molecule has 0 aliphatic carbocycles. The normalized spacial score (nSPS) is 15.6. The molecule has 4 rings (SSSR count). The van der Waals surface area contributed by atoms with Gasteiger partial charge in [0, 0.05) is 6.42 Å². The molecule has 0 bridgehead atoms. The number of nitrogens with zero attached hydrogens (tertiary/aromatic N) is 3. The largest absolute Gasteiger partial charge is 0.493 e. The van der Waals surface area contributed by atoms with Gasteiger partial charge < -0.3 is 10.1 Å². The van der Waals surface area contributed by atoms with Crippen LogP contribution in [0, 0.1) is 0 Å². The van der Waals surface area contributed by atoms with Crippen molar-refractivity contribution in [1.82, 2.24) is 20.3 Å². The molecule has 1 aliphatic rings. The number of carbonyl (C=O) groups excluding carboxylic acids is 1. The fraction of sp³-hybridized carbons (Fsp3) is 0.381. The van der Waals surface area contributed by atoms with E-state index in [-0.39, 0.29) is 18.0 Å². The summed E-state index contributed by atoms with van der Waals surface area (Å²) < 4.78 is 7.48. The number of amides is 1. The number of carbonyl (C=O) groups is 1. The molecule has 140 valence electrons. The van der Waals surface area contributed by atoms with Gasteiger partial charge in [-0.05, 0) is 56.0 Å². The van der Waals surface area contributed by atoms with E-state index in [0.717, 1.165) is 41.8 Å². The topological polar surface area (TPSA) is 69.0 Å². The Morgan fingerprint density at radius 3 is 3.00 bits per heavy atom. The highest BCUT2D eigenvalue weighted by Gasteiger charge is 2.18. The number of aryl methyl sites for hydroxylation is 1. The zero-order valence-corrected chi connectivity index (χ0v) is 15.7.